The number of para-hydroxylation sites is 1. The number of anilines is 2. The van der Waals surface area contributed by atoms with Crippen LogP contribution in [-0.2, 0) is 17.8 Å². The molecule has 1 saturated carbocycles. The molecule has 3 aliphatic rings. The Balaban J connectivity index is 1.52. The van der Waals surface area contributed by atoms with Gasteiger partial charge in [-0.3, -0.25) is 4.79 Å². The lowest BCUT2D eigenvalue weighted by molar-refractivity contribution is -0.274. The van der Waals surface area contributed by atoms with E-state index in [1.807, 2.05) is 19.0 Å². The second-order valence-electron chi connectivity index (χ2n) is 12.5. The quantitative estimate of drug-likeness (QED) is 0.270. The van der Waals surface area contributed by atoms with Crippen molar-refractivity contribution in [3.8, 4) is 17.8 Å². The van der Waals surface area contributed by atoms with Gasteiger partial charge in [0.1, 0.15) is 17.3 Å². The molecule has 1 aromatic carbocycles. The zero-order chi connectivity index (χ0) is 33.4. The highest BCUT2D eigenvalue weighted by Gasteiger charge is 2.44. The maximum atomic E-state index is 15.2. The molecule has 2 aliphatic heterocycles. The highest BCUT2D eigenvalue weighted by Crippen LogP contribution is 2.46. The van der Waals surface area contributed by atoms with Crippen LogP contribution in [0, 0.1) is 22.6 Å². The largest absolute Gasteiger partial charge is 0.573 e. The van der Waals surface area contributed by atoms with Gasteiger partial charge < -0.3 is 29.1 Å². The maximum absolute atomic E-state index is 15.2. The highest BCUT2D eigenvalue weighted by atomic mass is 19.4. The SMILES string of the molecule is C=C(F)C(=O)N1CCN(c2nc(OCC3(CN(C)C)CC3)nc3c2C[C@H](C)N(c2c(F)cccc2OC(F)(F)F)C3)CC1CC#N. The molecule has 1 amide bonds. The molecule has 2 aromatic rings. The van der Waals surface area contributed by atoms with Crippen molar-refractivity contribution in [2.75, 3.05) is 56.7 Å². The summed E-state index contributed by atoms with van der Waals surface area (Å²) in [7, 11) is 3.95. The Morgan fingerprint density at radius 1 is 1.24 bits per heavy atom. The Morgan fingerprint density at radius 2 is 1.98 bits per heavy atom. The van der Waals surface area contributed by atoms with Gasteiger partial charge in [0.05, 0.1) is 37.4 Å². The number of halogens is 5. The summed E-state index contributed by atoms with van der Waals surface area (Å²) in [6.45, 7) is 6.46. The standard InChI is InChI=1S/C31H36F5N7O3/c1-19-14-22-24(16-43(19)26-23(33)6-5-7-25(26)46-31(34,35)36)38-29(45-18-30(9-10-30)17-40(3)4)39-27(22)41-12-13-42(28(44)20(2)32)21(15-41)8-11-37/h5-7,19,21H,2,8-10,12-18H2,1,3-4H3/t19-,21?/m0/s1. The molecule has 10 nitrogen and oxygen atoms in total. The maximum Gasteiger partial charge on any atom is 0.573 e. The molecule has 0 radical (unpaired) electrons. The number of nitrogens with zero attached hydrogens (tertiary/aromatic N) is 7. The number of hydrogen-bond acceptors (Lipinski definition) is 9. The molecule has 0 N–H and O–H groups in total. The molecule has 1 saturated heterocycles. The smallest absolute Gasteiger partial charge is 0.463 e. The predicted octanol–water partition coefficient (Wildman–Crippen LogP) is 4.60. The van der Waals surface area contributed by atoms with Gasteiger partial charge in [0.25, 0.3) is 5.91 Å². The Kier molecular flexibility index (Phi) is 9.30. The molecule has 1 unspecified atom stereocenters. The van der Waals surface area contributed by atoms with Gasteiger partial charge in [0.15, 0.2) is 11.6 Å². The van der Waals surface area contributed by atoms with Crippen LogP contribution in [0.5, 0.6) is 11.8 Å². The van der Waals surface area contributed by atoms with E-state index >= 15 is 4.39 Å². The number of alkyl halides is 3. The molecule has 0 bridgehead atoms. The molecule has 2 atom stereocenters. The minimum Gasteiger partial charge on any atom is -0.463 e. The van der Waals surface area contributed by atoms with E-state index in [4.69, 9.17) is 9.72 Å². The zero-order valence-corrected chi connectivity index (χ0v) is 25.9. The molecule has 0 spiro atoms. The van der Waals surface area contributed by atoms with Gasteiger partial charge in [-0.15, -0.1) is 13.2 Å². The van der Waals surface area contributed by atoms with Crippen molar-refractivity contribution < 1.29 is 36.2 Å². The fourth-order valence-corrected chi connectivity index (χ4v) is 6.33. The summed E-state index contributed by atoms with van der Waals surface area (Å²) < 4.78 is 79.1. The Labute approximate surface area is 264 Å². The van der Waals surface area contributed by atoms with Crippen LogP contribution >= 0.6 is 0 Å². The first-order valence-electron chi connectivity index (χ1n) is 15.0. The van der Waals surface area contributed by atoms with Crippen molar-refractivity contribution in [3.63, 3.8) is 0 Å². The van der Waals surface area contributed by atoms with Crippen LogP contribution in [0.1, 0.15) is 37.4 Å². The minimum absolute atomic E-state index is 0.0564. The summed E-state index contributed by atoms with van der Waals surface area (Å²) in [6, 6.07) is 4.24. The van der Waals surface area contributed by atoms with Crippen LogP contribution < -0.4 is 19.3 Å². The number of aromatic nitrogens is 2. The monoisotopic (exact) mass is 649 g/mol. The molecule has 5 rings (SSSR count). The predicted molar refractivity (Wildman–Crippen MR) is 158 cm³/mol. The first-order chi connectivity index (χ1) is 21.7. The lowest BCUT2D eigenvalue weighted by atomic mass is 9.97. The van der Waals surface area contributed by atoms with Crippen LogP contribution in [0.4, 0.5) is 33.5 Å². The summed E-state index contributed by atoms with van der Waals surface area (Å²) in [5, 5.41) is 9.46. The summed E-state index contributed by atoms with van der Waals surface area (Å²) >= 11 is 0. The first kappa shape index (κ1) is 33.2. The van der Waals surface area contributed by atoms with Crippen molar-refractivity contribution in [3.05, 3.63) is 47.7 Å². The van der Waals surface area contributed by atoms with Crippen molar-refractivity contribution in [1.82, 2.24) is 19.8 Å². The molecular formula is C31H36F5N7O3. The van der Waals surface area contributed by atoms with E-state index in [9.17, 15) is 27.6 Å². The highest BCUT2D eigenvalue weighted by molar-refractivity contribution is 5.91. The lowest BCUT2D eigenvalue weighted by Gasteiger charge is -2.43. The summed E-state index contributed by atoms with van der Waals surface area (Å²) in [4.78, 5) is 28.7. The fraction of sp³-hybridized carbons (Fsp3) is 0.548. The number of piperazine rings is 1. The zero-order valence-electron chi connectivity index (χ0n) is 25.9. The molecule has 3 heterocycles. The van der Waals surface area contributed by atoms with Crippen LogP contribution in [0.2, 0.25) is 0 Å². The minimum atomic E-state index is -5.03. The van der Waals surface area contributed by atoms with Gasteiger partial charge >= 0.3 is 12.4 Å². The van der Waals surface area contributed by atoms with Gasteiger partial charge in [-0.2, -0.15) is 15.2 Å². The number of hydrogen-bond donors (Lipinski definition) is 0. The van der Waals surface area contributed by atoms with Gasteiger partial charge in [-0.05, 0) is 52.4 Å². The normalized spacial score (nSPS) is 20.7. The van der Waals surface area contributed by atoms with E-state index in [1.165, 1.54) is 9.80 Å². The van der Waals surface area contributed by atoms with E-state index < -0.39 is 41.7 Å². The van der Waals surface area contributed by atoms with Crippen molar-refractivity contribution in [2.45, 2.75) is 57.6 Å². The lowest BCUT2D eigenvalue weighted by Crippen LogP contribution is -2.56. The first-order valence-corrected chi connectivity index (χ1v) is 15.0. The summed E-state index contributed by atoms with van der Waals surface area (Å²) in [6.07, 6.45) is -2.92. The van der Waals surface area contributed by atoms with Gasteiger partial charge in [0.2, 0.25) is 0 Å². The molecule has 1 aliphatic carbocycles. The number of ether oxygens (including phenoxy) is 2. The van der Waals surface area contributed by atoms with Crippen LogP contribution in [0.25, 0.3) is 0 Å². The molecule has 248 valence electrons. The van der Waals surface area contributed by atoms with Gasteiger partial charge in [-0.25, -0.2) is 8.78 Å². The fourth-order valence-electron chi connectivity index (χ4n) is 6.33. The second-order valence-corrected chi connectivity index (χ2v) is 12.5. The van der Waals surface area contributed by atoms with Crippen molar-refractivity contribution in [2.24, 2.45) is 5.41 Å². The Hall–Kier alpha value is -4.19. The van der Waals surface area contributed by atoms with Crippen LogP contribution in [0.3, 0.4) is 0 Å². The Bertz CT molecular complexity index is 1530. The van der Waals surface area contributed by atoms with Crippen molar-refractivity contribution in [1.29, 1.82) is 5.26 Å². The van der Waals surface area contributed by atoms with Crippen LogP contribution in [0.15, 0.2) is 30.6 Å². The number of fused-ring (bicyclic) bond motifs is 1. The molecule has 46 heavy (non-hydrogen) atoms. The number of nitriles is 1. The van der Waals surface area contributed by atoms with E-state index in [2.05, 4.69) is 27.3 Å². The molecular weight excluding hydrogens is 613 g/mol. The second kappa shape index (κ2) is 12.9. The number of carbonyl (C=O) groups excluding carboxylic acids is 1. The summed E-state index contributed by atoms with van der Waals surface area (Å²) in [5.74, 6) is -3.05. The molecule has 15 heteroatoms. The van der Waals surface area contributed by atoms with Gasteiger partial charge in [-0.1, -0.05) is 12.6 Å². The van der Waals surface area contributed by atoms with Crippen molar-refractivity contribution >= 4 is 17.4 Å². The van der Waals surface area contributed by atoms with E-state index in [0.29, 0.717) is 23.7 Å². The number of carbonyl (C=O) groups is 1. The van der Waals surface area contributed by atoms with E-state index in [1.54, 1.807) is 6.92 Å². The number of amides is 1. The molecule has 2 fully saturated rings. The van der Waals surface area contributed by atoms with Gasteiger partial charge in [0, 0.05) is 43.2 Å². The molecule has 1 aromatic heterocycles. The average molecular weight is 650 g/mol. The van der Waals surface area contributed by atoms with Crippen LogP contribution in [-0.4, -0.2) is 91.0 Å². The van der Waals surface area contributed by atoms with E-state index in [0.717, 1.165) is 37.6 Å². The topological polar surface area (TPSA) is 98.1 Å². The average Bonchev–Trinajstić information content (AvgIpc) is 3.73. The third-order valence-electron chi connectivity index (χ3n) is 8.58. The number of benzene rings is 1. The Morgan fingerprint density at radius 3 is 2.61 bits per heavy atom. The third-order valence-corrected chi connectivity index (χ3v) is 8.58. The van der Waals surface area contributed by atoms with E-state index in [-0.39, 0.29) is 56.1 Å². The third kappa shape index (κ3) is 7.27. The summed E-state index contributed by atoms with van der Waals surface area (Å²) in [5.41, 5.74) is 0.727. The number of rotatable bonds is 10.